The molecule has 0 N–H and O–H groups in total. The Morgan fingerprint density at radius 1 is 0.933 bits per heavy atom. The molecule has 0 aliphatic heterocycles. The fourth-order valence-corrected chi connectivity index (χ4v) is 6.15. The summed E-state index contributed by atoms with van der Waals surface area (Å²) in [4.78, 5) is 0. The smallest absolute Gasteiger partial charge is 0.0100 e. The Labute approximate surface area is 95.9 Å². The van der Waals surface area contributed by atoms with E-state index < -0.39 is 0 Å². The van der Waals surface area contributed by atoms with Crippen LogP contribution in [0.5, 0.6) is 0 Å². The van der Waals surface area contributed by atoms with Crippen molar-refractivity contribution in [1.82, 2.24) is 0 Å². The van der Waals surface area contributed by atoms with Crippen LogP contribution in [0, 0.1) is 6.07 Å². The zero-order valence-corrected chi connectivity index (χ0v) is 11.7. The van der Waals surface area contributed by atoms with Gasteiger partial charge in [0.15, 0.2) is 0 Å². The molecule has 0 nitrogen and oxygen atoms in total. The molecule has 0 saturated heterocycles. The van der Waals surface area contributed by atoms with Crippen LogP contribution in [0.3, 0.4) is 0 Å². The summed E-state index contributed by atoms with van der Waals surface area (Å²) in [6, 6.07) is 11.8. The summed E-state index contributed by atoms with van der Waals surface area (Å²) < 4.78 is 0. The molecule has 1 aromatic carbocycles. The van der Waals surface area contributed by atoms with Gasteiger partial charge in [0.1, 0.15) is 0 Å². The molecule has 1 aromatic rings. The van der Waals surface area contributed by atoms with Gasteiger partial charge < -0.3 is 0 Å². The minimum Gasteiger partial charge on any atom is -0.0636 e. The Kier molecular flexibility index (Phi) is 3.61. The molecule has 0 heterocycles. The molecular weight excluding hydrogens is 199 g/mol. The highest BCUT2D eigenvalue weighted by Crippen LogP contribution is 2.57. The monoisotopic (exact) mass is 221 g/mol. The molecule has 83 valence electrons. The molecular formula is C14H22P. The van der Waals surface area contributed by atoms with E-state index in [4.69, 9.17) is 0 Å². The van der Waals surface area contributed by atoms with Gasteiger partial charge in [0.2, 0.25) is 0 Å². The van der Waals surface area contributed by atoms with Crippen LogP contribution < -0.4 is 5.30 Å². The van der Waals surface area contributed by atoms with Gasteiger partial charge in [-0.2, -0.15) is 0 Å². The maximum Gasteiger partial charge on any atom is -0.0100 e. The van der Waals surface area contributed by atoms with E-state index in [0.29, 0.717) is 10.3 Å². The third-order valence-electron chi connectivity index (χ3n) is 2.28. The summed E-state index contributed by atoms with van der Waals surface area (Å²) in [6.45, 7) is 14.0. The molecule has 0 unspecified atom stereocenters. The standard InChI is InChI=1S/C14H22P/c1-13(2,3)15(14(4,5)6)12-10-8-7-9-11-12/h7-10H,1-6H3. The van der Waals surface area contributed by atoms with Gasteiger partial charge in [-0.25, -0.2) is 0 Å². The molecule has 0 spiro atoms. The van der Waals surface area contributed by atoms with Crippen LogP contribution in [-0.4, -0.2) is 10.3 Å². The molecule has 0 saturated carbocycles. The lowest BCUT2D eigenvalue weighted by Crippen LogP contribution is -2.31. The van der Waals surface area contributed by atoms with Crippen molar-refractivity contribution in [2.45, 2.75) is 51.9 Å². The summed E-state index contributed by atoms with van der Waals surface area (Å²) in [7, 11) is -0.193. The summed E-state index contributed by atoms with van der Waals surface area (Å²) in [5.41, 5.74) is 0. The molecule has 0 aromatic heterocycles. The Morgan fingerprint density at radius 3 is 1.80 bits per heavy atom. The highest BCUT2D eigenvalue weighted by molar-refractivity contribution is 7.68. The normalized spacial score (nSPS) is 13.3. The minimum atomic E-state index is -0.193. The van der Waals surface area contributed by atoms with Gasteiger partial charge in [-0.1, -0.05) is 73.7 Å². The number of rotatable bonds is 1. The quantitative estimate of drug-likeness (QED) is 0.624. The lowest BCUT2D eigenvalue weighted by molar-refractivity contribution is 0.715. The number of hydrogen-bond donors (Lipinski definition) is 0. The van der Waals surface area contributed by atoms with Gasteiger partial charge >= 0.3 is 0 Å². The molecule has 0 aliphatic carbocycles. The summed E-state index contributed by atoms with van der Waals surface area (Å²) >= 11 is 0. The second-order valence-corrected chi connectivity index (χ2v) is 9.76. The van der Waals surface area contributed by atoms with Crippen molar-refractivity contribution in [3.63, 3.8) is 0 Å². The molecule has 0 fully saturated rings. The molecule has 1 radical (unpaired) electrons. The SMILES string of the molecule is CC(C)(C)P(c1[c]cccc1)C(C)(C)C. The van der Waals surface area contributed by atoms with Gasteiger partial charge in [0.25, 0.3) is 0 Å². The van der Waals surface area contributed by atoms with Crippen molar-refractivity contribution >= 4 is 13.2 Å². The number of benzene rings is 1. The number of hydrogen-bond acceptors (Lipinski definition) is 0. The fourth-order valence-electron chi connectivity index (χ4n) is 2.25. The van der Waals surface area contributed by atoms with Crippen LogP contribution in [0.1, 0.15) is 41.5 Å². The Bertz CT molecular complexity index is 286. The van der Waals surface area contributed by atoms with Gasteiger partial charge in [0, 0.05) is 0 Å². The minimum absolute atomic E-state index is 0.193. The Morgan fingerprint density at radius 2 is 1.47 bits per heavy atom. The largest absolute Gasteiger partial charge is 0.0636 e. The third-order valence-corrected chi connectivity index (χ3v) is 5.72. The third kappa shape index (κ3) is 3.31. The van der Waals surface area contributed by atoms with Crippen LogP contribution in [0.25, 0.3) is 0 Å². The topological polar surface area (TPSA) is 0 Å². The molecule has 1 heteroatoms. The van der Waals surface area contributed by atoms with Crippen LogP contribution >= 0.6 is 7.92 Å². The van der Waals surface area contributed by atoms with E-state index >= 15 is 0 Å². The maximum atomic E-state index is 3.41. The predicted octanol–water partition coefficient (Wildman–Crippen LogP) is 4.19. The summed E-state index contributed by atoms with van der Waals surface area (Å²) in [6.07, 6.45) is 0. The van der Waals surface area contributed by atoms with Gasteiger partial charge in [0.05, 0.1) is 0 Å². The van der Waals surface area contributed by atoms with Crippen LogP contribution in [0.2, 0.25) is 0 Å². The van der Waals surface area contributed by atoms with Crippen molar-refractivity contribution in [2.24, 2.45) is 0 Å². The zero-order chi connectivity index (χ0) is 11.7. The molecule has 0 atom stereocenters. The first-order valence-electron chi connectivity index (χ1n) is 5.50. The highest BCUT2D eigenvalue weighted by atomic mass is 31.1. The van der Waals surface area contributed by atoms with Crippen LogP contribution in [0.15, 0.2) is 24.3 Å². The van der Waals surface area contributed by atoms with E-state index in [9.17, 15) is 0 Å². The van der Waals surface area contributed by atoms with Gasteiger partial charge in [-0.05, 0) is 21.7 Å². The van der Waals surface area contributed by atoms with E-state index in [1.54, 1.807) is 0 Å². The van der Waals surface area contributed by atoms with Gasteiger partial charge in [-0.3, -0.25) is 0 Å². The predicted molar refractivity (Wildman–Crippen MR) is 71.3 cm³/mol. The zero-order valence-electron chi connectivity index (χ0n) is 10.8. The van der Waals surface area contributed by atoms with Gasteiger partial charge in [-0.15, -0.1) is 0 Å². The second-order valence-electron chi connectivity index (χ2n) is 5.92. The summed E-state index contributed by atoms with van der Waals surface area (Å²) in [5, 5.41) is 2.07. The van der Waals surface area contributed by atoms with E-state index in [-0.39, 0.29) is 7.92 Å². The van der Waals surface area contributed by atoms with Crippen molar-refractivity contribution in [3.05, 3.63) is 30.3 Å². The average Bonchev–Trinajstić information content (AvgIpc) is 2.00. The van der Waals surface area contributed by atoms with E-state index in [2.05, 4.69) is 59.7 Å². The van der Waals surface area contributed by atoms with Crippen molar-refractivity contribution in [3.8, 4) is 0 Å². The molecule has 0 bridgehead atoms. The van der Waals surface area contributed by atoms with Crippen LogP contribution in [0.4, 0.5) is 0 Å². The molecule has 0 aliphatic rings. The van der Waals surface area contributed by atoms with Crippen molar-refractivity contribution < 1.29 is 0 Å². The lowest BCUT2D eigenvalue weighted by Gasteiger charge is -2.41. The highest BCUT2D eigenvalue weighted by Gasteiger charge is 2.35. The fraction of sp³-hybridized carbons (Fsp3) is 0.571. The molecule has 1 rings (SSSR count). The van der Waals surface area contributed by atoms with Crippen molar-refractivity contribution in [2.75, 3.05) is 0 Å². The van der Waals surface area contributed by atoms with E-state index in [0.717, 1.165) is 0 Å². The summed E-state index contributed by atoms with van der Waals surface area (Å²) in [5.74, 6) is 0. The molecule has 15 heavy (non-hydrogen) atoms. The lowest BCUT2D eigenvalue weighted by atomic mass is 10.2. The second kappa shape index (κ2) is 4.26. The average molecular weight is 221 g/mol. The first-order chi connectivity index (χ1) is 6.73. The van der Waals surface area contributed by atoms with E-state index in [1.165, 1.54) is 5.30 Å². The van der Waals surface area contributed by atoms with Crippen LogP contribution in [-0.2, 0) is 0 Å². The maximum absolute atomic E-state index is 3.41. The Hall–Kier alpha value is -0.350. The first-order valence-corrected chi connectivity index (χ1v) is 6.84. The van der Waals surface area contributed by atoms with Crippen molar-refractivity contribution in [1.29, 1.82) is 0 Å². The Balaban J connectivity index is 3.15. The molecule has 0 amide bonds. The first kappa shape index (κ1) is 12.7. The van der Waals surface area contributed by atoms with E-state index in [1.807, 2.05) is 12.1 Å².